The monoisotopic (exact) mass is 183 g/mol. The van der Waals surface area contributed by atoms with E-state index in [1.165, 1.54) is 0 Å². The minimum absolute atomic E-state index is 0.188. The van der Waals surface area contributed by atoms with Crippen LogP contribution in [0.25, 0.3) is 0 Å². The summed E-state index contributed by atoms with van der Waals surface area (Å²) in [5.41, 5.74) is 1.50. The molecule has 4 heteroatoms. The molecule has 1 aromatic carbocycles. The van der Waals surface area contributed by atoms with Gasteiger partial charge in [0.1, 0.15) is 0 Å². The quantitative estimate of drug-likeness (QED) is 0.413. The van der Waals surface area contributed by atoms with Crippen LogP contribution in [-0.2, 0) is 0 Å². The first-order valence-electron chi connectivity index (χ1n) is 3.47. The van der Waals surface area contributed by atoms with E-state index >= 15 is 0 Å². The summed E-state index contributed by atoms with van der Waals surface area (Å²) in [6, 6.07) is 3.38. The lowest BCUT2D eigenvalue weighted by Crippen LogP contribution is -1.94. The molecule has 12 heavy (non-hydrogen) atoms. The Balaban J connectivity index is 3.38. The van der Waals surface area contributed by atoms with Crippen LogP contribution in [0.4, 0.5) is 5.69 Å². The van der Waals surface area contributed by atoms with Gasteiger partial charge in [-0.3, -0.25) is 10.1 Å². The van der Waals surface area contributed by atoms with E-state index in [4.69, 9.17) is 0 Å². The SMILES string of the molecule is Cc1cc(S)cc(C)c1[N+](=O)[O-]. The van der Waals surface area contributed by atoms with Gasteiger partial charge in [0.15, 0.2) is 0 Å². The van der Waals surface area contributed by atoms with Gasteiger partial charge in [0.25, 0.3) is 5.69 Å². The van der Waals surface area contributed by atoms with E-state index in [0.29, 0.717) is 11.1 Å². The fourth-order valence-corrected chi connectivity index (χ4v) is 1.61. The third-order valence-electron chi connectivity index (χ3n) is 1.66. The smallest absolute Gasteiger partial charge is 0.258 e. The maximum atomic E-state index is 10.5. The van der Waals surface area contributed by atoms with Crippen LogP contribution in [0.5, 0.6) is 0 Å². The number of hydrogen-bond donors (Lipinski definition) is 1. The van der Waals surface area contributed by atoms with Gasteiger partial charge in [-0.15, -0.1) is 12.6 Å². The third-order valence-corrected chi connectivity index (χ3v) is 1.92. The first-order valence-corrected chi connectivity index (χ1v) is 3.91. The van der Waals surface area contributed by atoms with Crippen LogP contribution in [-0.4, -0.2) is 4.92 Å². The molecule has 0 aliphatic rings. The van der Waals surface area contributed by atoms with Crippen LogP contribution in [0.3, 0.4) is 0 Å². The van der Waals surface area contributed by atoms with Gasteiger partial charge in [-0.1, -0.05) is 0 Å². The maximum absolute atomic E-state index is 10.5. The molecule has 1 aromatic rings. The fraction of sp³-hybridized carbons (Fsp3) is 0.250. The predicted molar refractivity (Wildman–Crippen MR) is 49.8 cm³/mol. The van der Waals surface area contributed by atoms with Crippen LogP contribution >= 0.6 is 12.6 Å². The van der Waals surface area contributed by atoms with Crippen LogP contribution < -0.4 is 0 Å². The summed E-state index contributed by atoms with van der Waals surface area (Å²) in [5.74, 6) is 0. The summed E-state index contributed by atoms with van der Waals surface area (Å²) in [4.78, 5) is 10.9. The molecule has 0 N–H and O–H groups in total. The molecule has 0 aromatic heterocycles. The summed E-state index contributed by atoms with van der Waals surface area (Å²) in [6.45, 7) is 3.43. The highest BCUT2D eigenvalue weighted by Gasteiger charge is 2.13. The zero-order valence-corrected chi connectivity index (χ0v) is 7.76. The van der Waals surface area contributed by atoms with E-state index in [2.05, 4.69) is 12.6 Å². The number of hydrogen-bond acceptors (Lipinski definition) is 3. The van der Waals surface area contributed by atoms with E-state index in [0.717, 1.165) is 4.90 Å². The van der Waals surface area contributed by atoms with Crippen molar-refractivity contribution in [1.82, 2.24) is 0 Å². The molecule has 0 saturated carbocycles. The second-order valence-electron chi connectivity index (χ2n) is 2.69. The molecule has 0 radical (unpaired) electrons. The number of benzene rings is 1. The Morgan fingerprint density at radius 3 is 2.08 bits per heavy atom. The number of rotatable bonds is 1. The van der Waals surface area contributed by atoms with Gasteiger partial charge in [-0.2, -0.15) is 0 Å². The number of nitro groups is 1. The Hall–Kier alpha value is -1.03. The third kappa shape index (κ3) is 1.58. The zero-order valence-electron chi connectivity index (χ0n) is 6.87. The Morgan fingerprint density at radius 2 is 1.75 bits per heavy atom. The highest BCUT2D eigenvalue weighted by molar-refractivity contribution is 7.80. The van der Waals surface area contributed by atoms with Gasteiger partial charge in [0.05, 0.1) is 4.92 Å². The van der Waals surface area contributed by atoms with E-state index in [9.17, 15) is 10.1 Å². The Morgan fingerprint density at radius 1 is 1.33 bits per heavy atom. The Bertz CT molecular complexity index is 313. The number of thiol groups is 1. The van der Waals surface area contributed by atoms with Crippen molar-refractivity contribution in [2.75, 3.05) is 0 Å². The molecule has 0 aliphatic carbocycles. The van der Waals surface area contributed by atoms with Crippen LogP contribution in [0.2, 0.25) is 0 Å². The molecule has 0 heterocycles. The maximum Gasteiger partial charge on any atom is 0.275 e. The number of aryl methyl sites for hydroxylation is 2. The first-order chi connectivity index (χ1) is 5.52. The van der Waals surface area contributed by atoms with E-state index in [1.807, 2.05) is 0 Å². The lowest BCUT2D eigenvalue weighted by atomic mass is 10.1. The summed E-state index contributed by atoms with van der Waals surface area (Å²) in [6.07, 6.45) is 0. The zero-order chi connectivity index (χ0) is 9.30. The highest BCUT2D eigenvalue weighted by atomic mass is 32.1. The normalized spacial score (nSPS) is 9.92. The summed E-state index contributed by atoms with van der Waals surface area (Å²) in [5, 5.41) is 10.5. The predicted octanol–water partition coefficient (Wildman–Crippen LogP) is 2.50. The Labute approximate surface area is 76.0 Å². The van der Waals surface area contributed by atoms with Gasteiger partial charge < -0.3 is 0 Å². The molecule has 0 unspecified atom stereocenters. The van der Waals surface area contributed by atoms with Gasteiger partial charge in [-0.05, 0) is 26.0 Å². The van der Waals surface area contributed by atoms with Gasteiger partial charge in [0.2, 0.25) is 0 Å². The molecule has 0 bridgehead atoms. The molecule has 64 valence electrons. The van der Waals surface area contributed by atoms with E-state index < -0.39 is 0 Å². The molecule has 0 spiro atoms. The van der Waals surface area contributed by atoms with Crippen molar-refractivity contribution in [1.29, 1.82) is 0 Å². The number of nitrogens with zero attached hydrogens (tertiary/aromatic N) is 1. The summed E-state index contributed by atoms with van der Waals surface area (Å²) < 4.78 is 0. The molecule has 0 saturated heterocycles. The number of nitro benzene ring substituents is 1. The van der Waals surface area contributed by atoms with Crippen molar-refractivity contribution in [3.8, 4) is 0 Å². The minimum atomic E-state index is -0.363. The van der Waals surface area contributed by atoms with Crippen molar-refractivity contribution in [3.63, 3.8) is 0 Å². The molecule has 0 amide bonds. The average molecular weight is 183 g/mol. The van der Waals surface area contributed by atoms with Crippen LogP contribution in [0, 0.1) is 24.0 Å². The Kier molecular flexibility index (Phi) is 2.38. The lowest BCUT2D eigenvalue weighted by molar-refractivity contribution is -0.386. The van der Waals surface area contributed by atoms with E-state index in [-0.39, 0.29) is 10.6 Å². The van der Waals surface area contributed by atoms with E-state index in [1.54, 1.807) is 26.0 Å². The molecule has 1 rings (SSSR count). The average Bonchev–Trinajstić information content (AvgIpc) is 1.82. The van der Waals surface area contributed by atoms with Crippen molar-refractivity contribution in [3.05, 3.63) is 33.4 Å². The standard InChI is InChI=1S/C8H9NO2S/c1-5-3-7(12)4-6(2)8(5)9(10)11/h3-4,12H,1-2H3. The lowest BCUT2D eigenvalue weighted by Gasteiger charge is -2.01. The summed E-state index contributed by atoms with van der Waals surface area (Å²) in [7, 11) is 0. The van der Waals surface area contributed by atoms with Crippen molar-refractivity contribution in [2.24, 2.45) is 0 Å². The highest BCUT2D eigenvalue weighted by Crippen LogP contribution is 2.25. The van der Waals surface area contributed by atoms with Gasteiger partial charge in [0, 0.05) is 16.0 Å². The fourth-order valence-electron chi connectivity index (χ4n) is 1.22. The molecule has 0 fully saturated rings. The first kappa shape index (κ1) is 9.06. The minimum Gasteiger partial charge on any atom is -0.258 e. The van der Waals surface area contributed by atoms with Crippen molar-refractivity contribution >= 4 is 18.3 Å². The van der Waals surface area contributed by atoms with Crippen LogP contribution in [0.1, 0.15) is 11.1 Å². The largest absolute Gasteiger partial charge is 0.275 e. The van der Waals surface area contributed by atoms with Crippen LogP contribution in [0.15, 0.2) is 17.0 Å². The van der Waals surface area contributed by atoms with Gasteiger partial charge >= 0.3 is 0 Å². The summed E-state index contributed by atoms with van der Waals surface area (Å²) >= 11 is 4.12. The molecule has 0 atom stereocenters. The van der Waals surface area contributed by atoms with Gasteiger partial charge in [-0.25, -0.2) is 0 Å². The molecular formula is C8H9NO2S. The topological polar surface area (TPSA) is 43.1 Å². The van der Waals surface area contributed by atoms with Crippen molar-refractivity contribution in [2.45, 2.75) is 18.7 Å². The second-order valence-corrected chi connectivity index (χ2v) is 3.20. The molecule has 3 nitrogen and oxygen atoms in total. The van der Waals surface area contributed by atoms with Crippen molar-refractivity contribution < 1.29 is 4.92 Å². The molecular weight excluding hydrogens is 174 g/mol. The second kappa shape index (κ2) is 3.15. The molecule has 0 aliphatic heterocycles.